The normalized spacial score (nSPS) is 11.9. The molecule has 3 aromatic rings. The second-order valence-electron chi connectivity index (χ2n) is 5.24. The predicted molar refractivity (Wildman–Crippen MR) is 90.8 cm³/mol. The summed E-state index contributed by atoms with van der Waals surface area (Å²) in [7, 11) is -3.84. The molecule has 5 nitrogen and oxygen atoms in total. The molecule has 25 heavy (non-hydrogen) atoms. The number of H-pyrrole nitrogens is 1. The number of sulfonamides is 1. The fraction of sp³-hybridized carbons (Fsp3) is 0.0625. The lowest BCUT2D eigenvalue weighted by Crippen LogP contribution is -2.11. The highest BCUT2D eigenvalue weighted by atomic mass is 35.5. The quantitative estimate of drug-likeness (QED) is 0.714. The Morgan fingerprint density at radius 2 is 1.56 bits per heavy atom. The van der Waals surface area contributed by atoms with Crippen LogP contribution in [0.2, 0.25) is 5.02 Å². The Kier molecular flexibility index (Phi) is 4.59. The number of nitrogens with one attached hydrogen (secondary N) is 1. The summed E-state index contributed by atoms with van der Waals surface area (Å²) in [6, 6.07) is 11.9. The van der Waals surface area contributed by atoms with E-state index in [1.807, 2.05) is 0 Å². The van der Waals surface area contributed by atoms with E-state index in [0.29, 0.717) is 16.1 Å². The van der Waals surface area contributed by atoms with Crippen LogP contribution in [0.1, 0.15) is 12.1 Å². The maximum absolute atomic E-state index is 13.3. The van der Waals surface area contributed by atoms with E-state index in [1.54, 1.807) is 24.3 Å². The predicted octanol–water partition coefficient (Wildman–Crippen LogP) is 3.98. The number of aromatic amines is 1. The highest BCUT2D eigenvalue weighted by molar-refractivity contribution is 7.89. The number of nitrogens with zero attached hydrogens (tertiary/aromatic N) is 1. The largest absolute Gasteiger partial charge is 0.280 e. The fourth-order valence-electron chi connectivity index (χ4n) is 2.43. The molecule has 0 saturated heterocycles. The summed E-state index contributed by atoms with van der Waals surface area (Å²) >= 11 is 5.85. The molecular weight excluding hydrogens is 372 g/mol. The number of benzene rings is 2. The standard InChI is InChI=1S/C16H12ClF2N3O2S/c17-11-5-1-9(2-6-11)13-14(21-22-15(13)16(18)19)10-3-7-12(8-4-10)25(20,23)24/h1-8,16H,(H,21,22)(H2,20,23,24). The van der Waals surface area contributed by atoms with Gasteiger partial charge in [0.15, 0.2) is 0 Å². The van der Waals surface area contributed by atoms with Crippen LogP contribution in [0.3, 0.4) is 0 Å². The average Bonchev–Trinajstić information content (AvgIpc) is 3.00. The molecule has 0 aliphatic heterocycles. The molecule has 1 heterocycles. The van der Waals surface area contributed by atoms with E-state index in [0.717, 1.165) is 0 Å². The van der Waals surface area contributed by atoms with Gasteiger partial charge in [0.25, 0.3) is 6.43 Å². The van der Waals surface area contributed by atoms with Crippen molar-refractivity contribution in [2.75, 3.05) is 0 Å². The summed E-state index contributed by atoms with van der Waals surface area (Å²) in [6.45, 7) is 0. The molecule has 0 spiro atoms. The van der Waals surface area contributed by atoms with Crippen molar-refractivity contribution in [2.45, 2.75) is 11.3 Å². The van der Waals surface area contributed by atoms with E-state index >= 15 is 0 Å². The van der Waals surface area contributed by atoms with Gasteiger partial charge in [-0.2, -0.15) is 5.10 Å². The zero-order valence-corrected chi connectivity index (χ0v) is 14.2. The number of alkyl halides is 2. The number of hydrogen-bond donors (Lipinski definition) is 2. The van der Waals surface area contributed by atoms with Crippen molar-refractivity contribution in [3.05, 3.63) is 59.2 Å². The fourth-order valence-corrected chi connectivity index (χ4v) is 3.07. The average molecular weight is 384 g/mol. The van der Waals surface area contributed by atoms with Crippen molar-refractivity contribution in [1.29, 1.82) is 0 Å². The SMILES string of the molecule is NS(=O)(=O)c1ccc(-c2n[nH]c(C(F)F)c2-c2ccc(Cl)cc2)cc1. The van der Waals surface area contributed by atoms with E-state index in [4.69, 9.17) is 16.7 Å². The molecule has 0 fully saturated rings. The third kappa shape index (κ3) is 3.55. The van der Waals surface area contributed by atoms with Gasteiger partial charge >= 0.3 is 0 Å². The molecule has 0 amide bonds. The van der Waals surface area contributed by atoms with Crippen molar-refractivity contribution in [2.24, 2.45) is 5.14 Å². The zero-order valence-electron chi connectivity index (χ0n) is 12.6. The van der Waals surface area contributed by atoms with Gasteiger partial charge in [-0.25, -0.2) is 22.3 Å². The lowest BCUT2D eigenvalue weighted by molar-refractivity contribution is 0.146. The summed E-state index contributed by atoms with van der Waals surface area (Å²) < 4.78 is 49.4. The molecule has 3 rings (SSSR count). The minimum atomic E-state index is -3.84. The van der Waals surface area contributed by atoms with Crippen LogP contribution in [0.25, 0.3) is 22.4 Å². The minimum Gasteiger partial charge on any atom is -0.275 e. The van der Waals surface area contributed by atoms with Crippen LogP contribution < -0.4 is 5.14 Å². The van der Waals surface area contributed by atoms with Gasteiger partial charge < -0.3 is 0 Å². The second kappa shape index (κ2) is 6.55. The Morgan fingerprint density at radius 1 is 1.00 bits per heavy atom. The van der Waals surface area contributed by atoms with Gasteiger partial charge in [0.2, 0.25) is 10.0 Å². The molecule has 130 valence electrons. The van der Waals surface area contributed by atoms with Crippen LogP contribution in [-0.4, -0.2) is 18.6 Å². The third-order valence-corrected chi connectivity index (χ3v) is 4.78. The molecular formula is C16H12ClF2N3O2S. The van der Waals surface area contributed by atoms with Crippen LogP contribution in [-0.2, 0) is 10.0 Å². The number of rotatable bonds is 4. The second-order valence-corrected chi connectivity index (χ2v) is 7.24. The molecule has 3 N–H and O–H groups in total. The van der Waals surface area contributed by atoms with Crippen molar-refractivity contribution in [3.8, 4) is 22.4 Å². The van der Waals surface area contributed by atoms with Gasteiger partial charge in [0.1, 0.15) is 11.4 Å². The van der Waals surface area contributed by atoms with Gasteiger partial charge in [0, 0.05) is 16.1 Å². The number of primary sulfonamides is 1. The first kappa shape index (κ1) is 17.5. The van der Waals surface area contributed by atoms with Gasteiger partial charge in [-0.3, -0.25) is 5.10 Å². The maximum Gasteiger partial charge on any atom is 0.280 e. The number of hydrogen-bond acceptors (Lipinski definition) is 3. The van der Waals surface area contributed by atoms with Crippen LogP contribution in [0, 0.1) is 0 Å². The molecule has 0 aliphatic rings. The number of nitrogens with two attached hydrogens (primary N) is 1. The van der Waals surface area contributed by atoms with Crippen molar-refractivity contribution >= 4 is 21.6 Å². The molecule has 0 atom stereocenters. The molecule has 0 saturated carbocycles. The summed E-state index contributed by atoms with van der Waals surface area (Å²) in [5.74, 6) is 0. The Balaban J connectivity index is 2.15. The zero-order chi connectivity index (χ0) is 18.2. The van der Waals surface area contributed by atoms with Gasteiger partial charge in [-0.1, -0.05) is 35.9 Å². The minimum absolute atomic E-state index is 0.0751. The van der Waals surface area contributed by atoms with Gasteiger partial charge in [0.05, 0.1) is 4.90 Å². The Hall–Kier alpha value is -2.29. The lowest BCUT2D eigenvalue weighted by atomic mass is 9.99. The van der Waals surface area contributed by atoms with Crippen LogP contribution in [0.15, 0.2) is 53.4 Å². The smallest absolute Gasteiger partial charge is 0.275 e. The van der Waals surface area contributed by atoms with E-state index in [9.17, 15) is 17.2 Å². The molecule has 2 aromatic carbocycles. The van der Waals surface area contributed by atoms with Crippen LogP contribution in [0.5, 0.6) is 0 Å². The summed E-state index contributed by atoms with van der Waals surface area (Å²) in [5, 5.41) is 11.9. The molecule has 0 radical (unpaired) electrons. The van der Waals surface area contributed by atoms with Crippen molar-refractivity contribution in [1.82, 2.24) is 10.2 Å². The molecule has 9 heteroatoms. The monoisotopic (exact) mass is 383 g/mol. The molecule has 1 aromatic heterocycles. The third-order valence-electron chi connectivity index (χ3n) is 3.60. The molecule has 0 unspecified atom stereocenters. The van der Waals surface area contributed by atoms with E-state index in [-0.39, 0.29) is 21.8 Å². The Labute approximate surface area is 147 Å². The highest BCUT2D eigenvalue weighted by Gasteiger charge is 2.23. The van der Waals surface area contributed by atoms with E-state index in [2.05, 4.69) is 10.2 Å². The Morgan fingerprint density at radius 3 is 2.08 bits per heavy atom. The first-order chi connectivity index (χ1) is 11.8. The van der Waals surface area contributed by atoms with E-state index < -0.39 is 16.4 Å². The van der Waals surface area contributed by atoms with E-state index in [1.165, 1.54) is 24.3 Å². The van der Waals surface area contributed by atoms with Crippen LogP contribution >= 0.6 is 11.6 Å². The molecule has 0 aliphatic carbocycles. The first-order valence-corrected chi connectivity index (χ1v) is 8.95. The van der Waals surface area contributed by atoms with Crippen molar-refractivity contribution in [3.63, 3.8) is 0 Å². The van der Waals surface area contributed by atoms with Crippen LogP contribution in [0.4, 0.5) is 8.78 Å². The number of aromatic nitrogens is 2. The number of halogens is 3. The van der Waals surface area contributed by atoms with Gasteiger partial charge in [-0.15, -0.1) is 0 Å². The molecule has 0 bridgehead atoms. The lowest BCUT2D eigenvalue weighted by Gasteiger charge is -2.07. The Bertz CT molecular complexity index is 1000. The van der Waals surface area contributed by atoms with Crippen molar-refractivity contribution < 1.29 is 17.2 Å². The summed E-state index contributed by atoms with van der Waals surface area (Å²) in [4.78, 5) is -0.0751. The van der Waals surface area contributed by atoms with Gasteiger partial charge in [-0.05, 0) is 29.8 Å². The maximum atomic E-state index is 13.3. The summed E-state index contributed by atoms with van der Waals surface area (Å²) in [5.41, 5.74) is 1.17. The highest BCUT2D eigenvalue weighted by Crippen LogP contribution is 2.37. The summed E-state index contributed by atoms with van der Waals surface area (Å²) in [6.07, 6.45) is -2.75. The first-order valence-electron chi connectivity index (χ1n) is 7.03. The topological polar surface area (TPSA) is 88.8 Å².